The number of rotatable bonds is 4. The molecule has 1 atom stereocenters. The molecule has 3 aromatic rings. The van der Waals surface area contributed by atoms with Crippen LogP contribution < -0.4 is 5.73 Å². The van der Waals surface area contributed by atoms with Crippen molar-refractivity contribution in [2.24, 2.45) is 5.73 Å². The minimum absolute atomic E-state index is 0.347. The number of hydrogen-bond donors (Lipinski definition) is 1. The summed E-state index contributed by atoms with van der Waals surface area (Å²) in [5.41, 5.74) is 6.77. The first-order chi connectivity index (χ1) is 9.78. The molecule has 0 spiro atoms. The largest absolute Gasteiger partial charge is 0.383 e. The van der Waals surface area contributed by atoms with Crippen molar-refractivity contribution in [3.63, 3.8) is 0 Å². The molecule has 1 heterocycles. The van der Waals surface area contributed by atoms with Crippen LogP contribution in [0.15, 0.2) is 47.0 Å². The Labute approximate surface area is 116 Å². The van der Waals surface area contributed by atoms with Crippen molar-refractivity contribution in [2.75, 3.05) is 13.7 Å². The molecule has 5 heteroatoms. The first kappa shape index (κ1) is 12.8. The Morgan fingerprint density at radius 3 is 2.80 bits per heavy atom. The van der Waals surface area contributed by atoms with E-state index >= 15 is 0 Å². The Kier molecular flexibility index (Phi) is 3.45. The van der Waals surface area contributed by atoms with E-state index in [-0.39, 0.29) is 0 Å². The molecular weight excluding hydrogens is 254 g/mol. The molecular formula is C15H15N3O2. The van der Waals surface area contributed by atoms with E-state index in [1.165, 1.54) is 5.39 Å². The number of nitrogens with zero attached hydrogens (tertiary/aromatic N) is 2. The minimum Gasteiger partial charge on any atom is -0.383 e. The van der Waals surface area contributed by atoms with Gasteiger partial charge >= 0.3 is 0 Å². The Morgan fingerprint density at radius 2 is 2.00 bits per heavy atom. The van der Waals surface area contributed by atoms with Gasteiger partial charge in [-0.15, -0.1) is 0 Å². The zero-order valence-electron chi connectivity index (χ0n) is 11.1. The van der Waals surface area contributed by atoms with E-state index in [1.54, 1.807) is 7.11 Å². The molecule has 0 amide bonds. The second-order valence-corrected chi connectivity index (χ2v) is 4.58. The van der Waals surface area contributed by atoms with Gasteiger partial charge < -0.3 is 15.0 Å². The molecule has 2 N–H and O–H groups in total. The number of aromatic nitrogens is 2. The highest BCUT2D eigenvalue weighted by Gasteiger charge is 2.15. The summed E-state index contributed by atoms with van der Waals surface area (Å²) in [5.74, 6) is 0.923. The second kappa shape index (κ2) is 5.40. The summed E-state index contributed by atoms with van der Waals surface area (Å²) in [6.07, 6.45) is 0. The molecule has 0 aliphatic heterocycles. The third-order valence-electron chi connectivity index (χ3n) is 3.11. The SMILES string of the molecule is COCC(N)c1nc(-c2ccc3ccccc3c2)no1. The second-order valence-electron chi connectivity index (χ2n) is 4.58. The number of ether oxygens (including phenoxy) is 1. The maximum atomic E-state index is 5.87. The molecule has 0 fully saturated rings. The summed E-state index contributed by atoms with van der Waals surface area (Å²) in [6.45, 7) is 0.347. The maximum Gasteiger partial charge on any atom is 0.246 e. The van der Waals surface area contributed by atoms with Crippen LogP contribution in [0, 0.1) is 0 Å². The molecule has 0 saturated heterocycles. The van der Waals surface area contributed by atoms with E-state index in [1.807, 2.05) is 30.3 Å². The average Bonchev–Trinajstić information content (AvgIpc) is 2.97. The van der Waals surface area contributed by atoms with Crippen molar-refractivity contribution < 1.29 is 9.26 Å². The van der Waals surface area contributed by atoms with E-state index in [2.05, 4.69) is 22.3 Å². The number of hydrogen-bond acceptors (Lipinski definition) is 5. The summed E-state index contributed by atoms with van der Waals surface area (Å²) < 4.78 is 10.2. The van der Waals surface area contributed by atoms with E-state index in [0.717, 1.165) is 10.9 Å². The fourth-order valence-electron chi connectivity index (χ4n) is 2.08. The molecule has 0 bridgehead atoms. The van der Waals surface area contributed by atoms with Crippen LogP contribution in [0.5, 0.6) is 0 Å². The van der Waals surface area contributed by atoms with E-state index in [0.29, 0.717) is 18.3 Å². The molecule has 0 aliphatic rings. The van der Waals surface area contributed by atoms with Gasteiger partial charge in [-0.1, -0.05) is 41.6 Å². The van der Waals surface area contributed by atoms with E-state index in [9.17, 15) is 0 Å². The maximum absolute atomic E-state index is 5.87. The number of fused-ring (bicyclic) bond motifs is 1. The first-order valence-corrected chi connectivity index (χ1v) is 6.35. The Morgan fingerprint density at radius 1 is 1.20 bits per heavy atom. The molecule has 0 saturated carbocycles. The summed E-state index contributed by atoms with van der Waals surface area (Å²) in [6, 6.07) is 13.8. The van der Waals surface area contributed by atoms with Crippen LogP contribution in [-0.2, 0) is 4.74 Å². The van der Waals surface area contributed by atoms with Crippen molar-refractivity contribution in [1.82, 2.24) is 10.1 Å². The van der Waals surface area contributed by atoms with Gasteiger partial charge in [-0.2, -0.15) is 4.98 Å². The Hall–Kier alpha value is -2.24. The first-order valence-electron chi connectivity index (χ1n) is 6.35. The lowest BCUT2D eigenvalue weighted by atomic mass is 10.1. The third kappa shape index (κ3) is 2.41. The third-order valence-corrected chi connectivity index (χ3v) is 3.11. The smallest absolute Gasteiger partial charge is 0.246 e. The summed E-state index contributed by atoms with van der Waals surface area (Å²) in [7, 11) is 1.58. The Bertz CT molecular complexity index is 724. The van der Waals surface area contributed by atoms with Crippen LogP contribution in [0.3, 0.4) is 0 Å². The van der Waals surface area contributed by atoms with Crippen LogP contribution in [0.1, 0.15) is 11.9 Å². The zero-order chi connectivity index (χ0) is 13.9. The normalized spacial score (nSPS) is 12.7. The van der Waals surface area contributed by atoms with Gasteiger partial charge in [0.05, 0.1) is 6.61 Å². The number of nitrogens with two attached hydrogens (primary N) is 1. The topological polar surface area (TPSA) is 74.2 Å². The fraction of sp³-hybridized carbons (Fsp3) is 0.200. The Balaban J connectivity index is 1.94. The van der Waals surface area contributed by atoms with Gasteiger partial charge in [0.1, 0.15) is 6.04 Å². The van der Waals surface area contributed by atoms with Crippen molar-refractivity contribution in [3.8, 4) is 11.4 Å². The fourth-order valence-corrected chi connectivity index (χ4v) is 2.08. The molecule has 1 unspecified atom stereocenters. The van der Waals surface area contributed by atoms with E-state index in [4.69, 9.17) is 15.0 Å². The van der Waals surface area contributed by atoms with Gasteiger partial charge in [-0.3, -0.25) is 0 Å². The van der Waals surface area contributed by atoms with Crippen LogP contribution in [0.2, 0.25) is 0 Å². The molecule has 20 heavy (non-hydrogen) atoms. The van der Waals surface area contributed by atoms with Crippen LogP contribution >= 0.6 is 0 Å². The van der Waals surface area contributed by atoms with Crippen molar-refractivity contribution >= 4 is 10.8 Å². The van der Waals surface area contributed by atoms with Crippen LogP contribution in [0.4, 0.5) is 0 Å². The lowest BCUT2D eigenvalue weighted by Crippen LogP contribution is -2.16. The molecule has 102 valence electrons. The standard InChI is InChI=1S/C15H15N3O2/c1-19-9-13(16)15-17-14(18-20-15)12-7-6-10-4-2-3-5-11(10)8-12/h2-8,13H,9,16H2,1H3. The van der Waals surface area contributed by atoms with Gasteiger partial charge in [0.15, 0.2) is 0 Å². The number of benzene rings is 2. The highest BCUT2D eigenvalue weighted by atomic mass is 16.5. The van der Waals surface area contributed by atoms with Crippen LogP contribution in [-0.4, -0.2) is 23.9 Å². The average molecular weight is 269 g/mol. The van der Waals surface area contributed by atoms with Gasteiger partial charge in [-0.05, 0) is 16.8 Å². The van der Waals surface area contributed by atoms with Crippen molar-refractivity contribution in [1.29, 1.82) is 0 Å². The predicted molar refractivity (Wildman–Crippen MR) is 76.0 cm³/mol. The van der Waals surface area contributed by atoms with Crippen molar-refractivity contribution in [2.45, 2.75) is 6.04 Å². The predicted octanol–water partition coefficient (Wildman–Crippen LogP) is 2.54. The highest BCUT2D eigenvalue weighted by Crippen LogP contribution is 2.23. The molecule has 0 aliphatic carbocycles. The lowest BCUT2D eigenvalue weighted by molar-refractivity contribution is 0.166. The minimum atomic E-state index is -0.401. The van der Waals surface area contributed by atoms with Crippen LogP contribution in [0.25, 0.3) is 22.2 Å². The van der Waals surface area contributed by atoms with E-state index < -0.39 is 6.04 Å². The van der Waals surface area contributed by atoms with Gasteiger partial charge in [0.25, 0.3) is 0 Å². The molecule has 2 aromatic carbocycles. The number of methoxy groups -OCH3 is 1. The summed E-state index contributed by atoms with van der Waals surface area (Å²) in [5, 5.41) is 6.29. The highest BCUT2D eigenvalue weighted by molar-refractivity contribution is 5.86. The zero-order valence-corrected chi connectivity index (χ0v) is 11.1. The lowest BCUT2D eigenvalue weighted by Gasteiger charge is -2.03. The van der Waals surface area contributed by atoms with Gasteiger partial charge in [-0.25, -0.2) is 0 Å². The van der Waals surface area contributed by atoms with Crippen molar-refractivity contribution in [3.05, 3.63) is 48.4 Å². The van der Waals surface area contributed by atoms with Gasteiger partial charge in [0, 0.05) is 12.7 Å². The molecule has 0 radical (unpaired) electrons. The molecule has 5 nitrogen and oxygen atoms in total. The monoisotopic (exact) mass is 269 g/mol. The quantitative estimate of drug-likeness (QED) is 0.787. The summed E-state index contributed by atoms with van der Waals surface area (Å²) in [4.78, 5) is 4.32. The molecule has 3 rings (SSSR count). The molecule has 1 aromatic heterocycles. The van der Waals surface area contributed by atoms with Gasteiger partial charge in [0.2, 0.25) is 11.7 Å². The summed E-state index contributed by atoms with van der Waals surface area (Å²) >= 11 is 0.